The monoisotopic (exact) mass is 1260 g/mol. The van der Waals surface area contributed by atoms with Crippen molar-refractivity contribution in [3.05, 3.63) is 322 Å². The summed E-state index contributed by atoms with van der Waals surface area (Å²) in [5.74, 6) is 1.91. The lowest BCUT2D eigenvalue weighted by Gasteiger charge is -2.10. The highest BCUT2D eigenvalue weighted by Gasteiger charge is 2.20. The van der Waals surface area contributed by atoms with Gasteiger partial charge in [0, 0.05) is 65.7 Å². The SMILES string of the molecule is c1ccc2oc(-c3ccc(-c4ccc(-c5cccc6c5oc5ccccc56)cc4)cc3)nc2c1.c1ccc2oc(-c3ccc(-c4cccc5c4oc4ccccc45)c4ccccc34)nc2c1.c1ccc2oc(-c3ccc4ccc(-c5cccc6c5oc5ccccc56)cc4c3)nc2c1. The summed E-state index contributed by atoms with van der Waals surface area (Å²) in [5.41, 5.74) is 22.4. The van der Waals surface area contributed by atoms with E-state index in [2.05, 4.69) is 210 Å². The van der Waals surface area contributed by atoms with Crippen molar-refractivity contribution in [2.24, 2.45) is 0 Å². The summed E-state index contributed by atoms with van der Waals surface area (Å²) in [6.07, 6.45) is 0. The summed E-state index contributed by atoms with van der Waals surface area (Å²) >= 11 is 0. The first-order valence-corrected chi connectivity index (χ1v) is 32.6. The Balaban J connectivity index is 0.000000103. The molecule has 21 rings (SSSR count). The molecule has 0 atom stereocenters. The topological polar surface area (TPSA) is 118 Å². The molecule has 0 radical (unpaired) electrons. The average molecular weight is 1260 g/mol. The largest absolute Gasteiger partial charge is 0.455 e. The number of hydrogen-bond acceptors (Lipinski definition) is 9. The van der Waals surface area contributed by atoms with E-state index in [4.69, 9.17) is 31.5 Å². The molecule has 15 aromatic carbocycles. The van der Waals surface area contributed by atoms with Crippen LogP contribution < -0.4 is 0 Å². The fraction of sp³-hybridized carbons (Fsp3) is 0. The Morgan fingerprint density at radius 1 is 0.173 bits per heavy atom. The summed E-state index contributed by atoms with van der Waals surface area (Å²) in [5, 5.41) is 11.4. The highest BCUT2D eigenvalue weighted by Crippen LogP contribution is 2.43. The van der Waals surface area contributed by atoms with E-state index < -0.39 is 0 Å². The second kappa shape index (κ2) is 23.3. The summed E-state index contributed by atoms with van der Waals surface area (Å²) in [6.45, 7) is 0. The van der Waals surface area contributed by atoms with Crippen molar-refractivity contribution in [1.82, 2.24) is 15.0 Å². The van der Waals surface area contributed by atoms with E-state index in [1.54, 1.807) is 0 Å². The lowest BCUT2D eigenvalue weighted by molar-refractivity contribution is 0.619. The molecule has 0 aliphatic carbocycles. The molecular formula is C89H53N3O6. The molecule has 0 aliphatic heterocycles. The summed E-state index contributed by atoms with van der Waals surface area (Å²) in [6, 6.07) is 110. The van der Waals surface area contributed by atoms with Gasteiger partial charge in [0.2, 0.25) is 17.7 Å². The van der Waals surface area contributed by atoms with Crippen LogP contribution >= 0.6 is 0 Å². The molecule has 0 unspecified atom stereocenters. The van der Waals surface area contributed by atoms with Crippen LogP contribution in [0.1, 0.15) is 0 Å². The van der Waals surface area contributed by atoms with Crippen LogP contribution in [-0.4, -0.2) is 15.0 Å². The zero-order valence-electron chi connectivity index (χ0n) is 52.4. The second-order valence-corrected chi connectivity index (χ2v) is 24.4. The zero-order valence-corrected chi connectivity index (χ0v) is 52.4. The maximum atomic E-state index is 6.31. The first kappa shape index (κ1) is 56.2. The van der Waals surface area contributed by atoms with Crippen molar-refractivity contribution in [3.63, 3.8) is 0 Å². The molecule has 98 heavy (non-hydrogen) atoms. The summed E-state index contributed by atoms with van der Waals surface area (Å²) < 4.78 is 36.8. The van der Waals surface area contributed by atoms with Gasteiger partial charge in [0.1, 0.15) is 50.0 Å². The van der Waals surface area contributed by atoms with E-state index in [9.17, 15) is 0 Å². The zero-order chi connectivity index (χ0) is 64.6. The molecule has 0 aliphatic rings. The Morgan fingerprint density at radius 3 is 1.02 bits per heavy atom. The maximum absolute atomic E-state index is 6.31. The normalized spacial score (nSPS) is 11.7. The molecule has 6 heterocycles. The number of oxazole rings is 3. The Morgan fingerprint density at radius 2 is 0.510 bits per heavy atom. The smallest absolute Gasteiger partial charge is 0.227 e. The third-order valence-electron chi connectivity index (χ3n) is 18.6. The van der Waals surface area contributed by atoms with Crippen LogP contribution in [-0.2, 0) is 0 Å². The van der Waals surface area contributed by atoms with Gasteiger partial charge in [-0.3, -0.25) is 0 Å². The van der Waals surface area contributed by atoms with Crippen LogP contribution in [0, 0.1) is 0 Å². The third kappa shape index (κ3) is 9.83. The van der Waals surface area contributed by atoms with E-state index >= 15 is 0 Å². The lowest BCUT2D eigenvalue weighted by Crippen LogP contribution is -1.86. The first-order valence-electron chi connectivity index (χ1n) is 32.6. The number of nitrogens with zero attached hydrogens (tertiary/aromatic N) is 3. The van der Waals surface area contributed by atoms with Crippen LogP contribution in [0.3, 0.4) is 0 Å². The van der Waals surface area contributed by atoms with Gasteiger partial charge in [0.05, 0.1) is 0 Å². The number of fused-ring (bicyclic) bond motifs is 14. The summed E-state index contributed by atoms with van der Waals surface area (Å²) in [7, 11) is 0. The van der Waals surface area contributed by atoms with Crippen LogP contribution in [0.25, 0.3) is 200 Å². The van der Waals surface area contributed by atoms with E-state index in [0.717, 1.165) is 176 Å². The molecule has 21 aromatic rings. The van der Waals surface area contributed by atoms with Gasteiger partial charge in [-0.1, -0.05) is 231 Å². The number of aromatic nitrogens is 3. The van der Waals surface area contributed by atoms with Crippen molar-refractivity contribution < 1.29 is 26.5 Å². The van der Waals surface area contributed by atoms with Crippen molar-refractivity contribution in [3.8, 4) is 78.9 Å². The molecule has 9 heteroatoms. The van der Waals surface area contributed by atoms with E-state index in [1.165, 1.54) is 5.39 Å². The van der Waals surface area contributed by atoms with E-state index in [0.29, 0.717) is 17.7 Å². The molecule has 460 valence electrons. The molecule has 6 aromatic heterocycles. The maximum Gasteiger partial charge on any atom is 0.227 e. The van der Waals surface area contributed by atoms with Crippen LogP contribution in [0.15, 0.2) is 348 Å². The van der Waals surface area contributed by atoms with Crippen molar-refractivity contribution in [2.45, 2.75) is 0 Å². The van der Waals surface area contributed by atoms with E-state index in [1.807, 2.05) is 121 Å². The second-order valence-electron chi connectivity index (χ2n) is 24.4. The molecule has 0 saturated heterocycles. The molecule has 9 nitrogen and oxygen atoms in total. The minimum absolute atomic E-state index is 0.635. The van der Waals surface area contributed by atoms with Gasteiger partial charge in [-0.25, -0.2) is 15.0 Å². The van der Waals surface area contributed by atoms with Crippen molar-refractivity contribution in [1.29, 1.82) is 0 Å². The first-order chi connectivity index (χ1) is 48.5. The minimum atomic E-state index is 0.635. The van der Waals surface area contributed by atoms with Crippen LogP contribution in [0.2, 0.25) is 0 Å². The van der Waals surface area contributed by atoms with Crippen LogP contribution in [0.5, 0.6) is 0 Å². The number of hydrogen-bond donors (Lipinski definition) is 0. The van der Waals surface area contributed by atoms with Gasteiger partial charge < -0.3 is 26.5 Å². The standard InChI is InChI=1S/C31H19NO2.2C29H17NO2/c1-3-10-28-25(6-1)26-8-5-7-24(30(26)33-28)22-16-12-20(13-17-22)21-14-18-23(19-15-21)31-32-27-9-2-4-11-29(27)34-31;1-3-10-26-23(6-1)24-8-5-7-22(28(24)31-26)19-14-12-18-13-15-20(17-21(18)16-19)29-30-25-9-2-4-11-27(25)32-29;1-2-9-19-18(8-1)20(16-17-24(19)29-30-25-13-4-6-15-27(25)32-29)22-11-7-12-23-21-10-3-5-14-26(21)31-28(22)23/h1-19H;2*1-17H. The predicted molar refractivity (Wildman–Crippen MR) is 397 cm³/mol. The van der Waals surface area contributed by atoms with Crippen LogP contribution in [0.4, 0.5) is 0 Å². The molecule has 0 spiro atoms. The molecule has 0 bridgehead atoms. The Hall–Kier alpha value is -13.4. The quantitative estimate of drug-likeness (QED) is 0.154. The van der Waals surface area contributed by atoms with Gasteiger partial charge in [-0.05, 0) is 140 Å². The predicted octanol–water partition coefficient (Wildman–Crippen LogP) is 25.2. The molecular weight excluding hydrogens is 1210 g/mol. The minimum Gasteiger partial charge on any atom is -0.455 e. The van der Waals surface area contributed by atoms with Crippen molar-refractivity contribution >= 4 is 121 Å². The van der Waals surface area contributed by atoms with Crippen molar-refractivity contribution in [2.75, 3.05) is 0 Å². The van der Waals surface area contributed by atoms with Gasteiger partial charge >= 0.3 is 0 Å². The average Bonchev–Trinajstić information content (AvgIpc) is 1.54. The van der Waals surface area contributed by atoms with Gasteiger partial charge in [0.15, 0.2) is 16.7 Å². The molecule has 0 saturated carbocycles. The Labute approximate surface area is 559 Å². The molecule has 0 amide bonds. The highest BCUT2D eigenvalue weighted by atomic mass is 16.4. The van der Waals surface area contributed by atoms with Gasteiger partial charge in [-0.15, -0.1) is 0 Å². The molecule has 0 N–H and O–H groups in total. The Kier molecular flexibility index (Phi) is 13.3. The molecule has 0 fully saturated rings. The fourth-order valence-corrected chi connectivity index (χ4v) is 13.8. The van der Waals surface area contributed by atoms with E-state index in [-0.39, 0.29) is 0 Å². The number of rotatable bonds is 7. The van der Waals surface area contributed by atoms with Gasteiger partial charge in [0.25, 0.3) is 0 Å². The number of furan rings is 3. The third-order valence-corrected chi connectivity index (χ3v) is 18.6. The fourth-order valence-electron chi connectivity index (χ4n) is 13.8. The number of para-hydroxylation sites is 12. The Bertz CT molecular complexity index is 6540. The summed E-state index contributed by atoms with van der Waals surface area (Å²) in [4.78, 5) is 14.0. The lowest BCUT2D eigenvalue weighted by atomic mass is 9.94. The number of benzene rings is 15. The van der Waals surface area contributed by atoms with Gasteiger partial charge in [-0.2, -0.15) is 0 Å². The highest BCUT2D eigenvalue weighted by molar-refractivity contribution is 6.15.